The Hall–Kier alpha value is -2.74. The van der Waals surface area contributed by atoms with Crippen molar-refractivity contribution in [2.75, 3.05) is 29.7 Å². The molecule has 0 saturated heterocycles. The molecule has 3 N–H and O–H groups in total. The normalized spacial score (nSPS) is 12.5. The van der Waals surface area contributed by atoms with E-state index in [1.165, 1.54) is 0 Å². The second-order valence-electron chi connectivity index (χ2n) is 5.20. The molecule has 0 fully saturated rings. The largest absolute Gasteiger partial charge is 0.454 e. The first kappa shape index (κ1) is 20.0. The number of nitrogens with zero attached hydrogens (tertiary/aromatic N) is 2. The van der Waals surface area contributed by atoms with Crippen molar-refractivity contribution in [1.29, 1.82) is 0 Å². The first-order chi connectivity index (χ1) is 13.3. The Labute approximate surface area is 164 Å². The lowest BCUT2D eigenvalue weighted by atomic mass is 10.3. The zero-order valence-electron chi connectivity index (χ0n) is 13.8. The zero-order valence-corrected chi connectivity index (χ0v) is 15.5. The van der Waals surface area contributed by atoms with Crippen LogP contribution in [-0.2, 0) is 4.79 Å². The summed E-state index contributed by atoms with van der Waals surface area (Å²) in [5.74, 6) is 0.261. The van der Waals surface area contributed by atoms with Gasteiger partial charge in [0.2, 0.25) is 17.8 Å². The Bertz CT molecular complexity index is 877. The Morgan fingerprint density at radius 3 is 2.79 bits per heavy atom. The maximum absolute atomic E-state index is 12.1. The van der Waals surface area contributed by atoms with Gasteiger partial charge in [-0.25, -0.2) is 4.79 Å². The van der Waals surface area contributed by atoms with Gasteiger partial charge in [-0.15, -0.1) is 10.2 Å². The van der Waals surface area contributed by atoms with Crippen LogP contribution in [0.25, 0.3) is 0 Å². The van der Waals surface area contributed by atoms with Gasteiger partial charge in [-0.1, -0.05) is 23.1 Å². The van der Waals surface area contributed by atoms with Crippen LogP contribution >= 0.6 is 23.1 Å². The fraction of sp³-hybridized carbons (Fsp3) is 0.286. The van der Waals surface area contributed by atoms with Crippen LogP contribution in [0.15, 0.2) is 22.5 Å². The van der Waals surface area contributed by atoms with Gasteiger partial charge in [-0.05, 0) is 12.1 Å². The van der Waals surface area contributed by atoms with E-state index >= 15 is 0 Å². The van der Waals surface area contributed by atoms with E-state index in [1.807, 2.05) is 0 Å². The molecule has 0 aliphatic carbocycles. The zero-order chi connectivity index (χ0) is 20.1. The van der Waals surface area contributed by atoms with Gasteiger partial charge in [0, 0.05) is 11.8 Å². The molecular weight excluding hydrogens is 423 g/mol. The molecule has 2 heterocycles. The van der Waals surface area contributed by atoms with Crippen LogP contribution in [0, 0.1) is 0 Å². The van der Waals surface area contributed by atoms with Crippen molar-refractivity contribution in [1.82, 2.24) is 15.5 Å². The van der Waals surface area contributed by atoms with Gasteiger partial charge in [-0.2, -0.15) is 13.2 Å². The molecule has 1 aromatic heterocycles. The number of carbonyl (C=O) groups excluding carboxylic acids is 2. The van der Waals surface area contributed by atoms with Crippen LogP contribution in [0.1, 0.15) is 0 Å². The number of anilines is 2. The summed E-state index contributed by atoms with van der Waals surface area (Å²) in [6.45, 7) is -1.13. The molecule has 3 amide bonds. The lowest BCUT2D eigenvalue weighted by Gasteiger charge is -2.07. The first-order valence-corrected chi connectivity index (χ1v) is 9.36. The molecule has 28 heavy (non-hydrogen) atoms. The monoisotopic (exact) mass is 435 g/mol. The average molecular weight is 435 g/mol. The molecule has 1 aliphatic rings. The van der Waals surface area contributed by atoms with Crippen molar-refractivity contribution in [2.45, 2.75) is 10.5 Å². The molecule has 1 aliphatic heterocycles. The number of benzene rings is 1. The predicted octanol–water partition coefficient (Wildman–Crippen LogP) is 2.68. The first-order valence-electron chi connectivity index (χ1n) is 7.56. The minimum absolute atomic E-state index is 0.0132. The van der Waals surface area contributed by atoms with Gasteiger partial charge < -0.3 is 20.1 Å². The summed E-state index contributed by atoms with van der Waals surface area (Å²) in [5.41, 5.74) is 0.409. The molecule has 0 bridgehead atoms. The van der Waals surface area contributed by atoms with Crippen LogP contribution in [0.3, 0.4) is 0 Å². The maximum Gasteiger partial charge on any atom is 0.405 e. The standard InChI is InChI=1S/C14H12F3N5O4S2/c15-14(16,17)5-18-12-21-22-13(28-12)27-4-10(23)20-11(24)19-7-1-2-8-9(3-7)26-6-25-8/h1-3H,4-6H2,(H,18,21)(H2,19,20,23,24). The van der Waals surface area contributed by atoms with Crippen LogP contribution < -0.4 is 25.4 Å². The summed E-state index contributed by atoms with van der Waals surface area (Å²) in [7, 11) is 0. The third-order valence-corrected chi connectivity index (χ3v) is 5.07. The Morgan fingerprint density at radius 1 is 1.21 bits per heavy atom. The lowest BCUT2D eigenvalue weighted by Crippen LogP contribution is -2.35. The summed E-state index contributed by atoms with van der Waals surface area (Å²) in [6, 6.07) is 4.02. The Kier molecular flexibility index (Phi) is 6.08. The molecular formula is C14H12F3N5O4S2. The SMILES string of the molecule is O=C(CSc1nnc(NCC(F)(F)F)s1)NC(=O)Nc1ccc2c(c1)OCO2. The van der Waals surface area contributed by atoms with Gasteiger partial charge in [0.25, 0.3) is 0 Å². The van der Waals surface area contributed by atoms with Gasteiger partial charge in [0.05, 0.1) is 5.75 Å². The summed E-state index contributed by atoms with van der Waals surface area (Å²) < 4.78 is 47.0. The van der Waals surface area contributed by atoms with Gasteiger partial charge >= 0.3 is 12.2 Å². The molecule has 9 nitrogen and oxygen atoms in total. The van der Waals surface area contributed by atoms with Gasteiger partial charge in [-0.3, -0.25) is 10.1 Å². The van der Waals surface area contributed by atoms with E-state index in [4.69, 9.17) is 9.47 Å². The number of hydrogen-bond donors (Lipinski definition) is 3. The number of urea groups is 1. The van der Waals surface area contributed by atoms with Crippen molar-refractivity contribution < 1.29 is 32.2 Å². The van der Waals surface area contributed by atoms with Crippen molar-refractivity contribution in [3.63, 3.8) is 0 Å². The summed E-state index contributed by atoms with van der Waals surface area (Å²) in [5, 5.41) is 13.9. The van der Waals surface area contributed by atoms with Crippen LogP contribution in [0.5, 0.6) is 11.5 Å². The molecule has 0 spiro atoms. The highest BCUT2D eigenvalue weighted by Gasteiger charge is 2.27. The lowest BCUT2D eigenvalue weighted by molar-refractivity contribution is -0.117. The predicted molar refractivity (Wildman–Crippen MR) is 94.9 cm³/mol. The summed E-state index contributed by atoms with van der Waals surface area (Å²) in [6.07, 6.45) is -4.37. The fourth-order valence-electron chi connectivity index (χ4n) is 1.94. The van der Waals surface area contributed by atoms with Crippen LogP contribution in [-0.4, -0.2) is 47.4 Å². The van der Waals surface area contributed by atoms with Crippen LogP contribution in [0.2, 0.25) is 0 Å². The topological polar surface area (TPSA) is 114 Å². The number of imide groups is 1. The number of carbonyl (C=O) groups is 2. The highest BCUT2D eigenvalue weighted by molar-refractivity contribution is 8.01. The highest BCUT2D eigenvalue weighted by Crippen LogP contribution is 2.34. The second-order valence-corrected chi connectivity index (χ2v) is 7.40. The quantitative estimate of drug-likeness (QED) is 0.594. The molecule has 2 aromatic rings. The molecule has 14 heteroatoms. The minimum Gasteiger partial charge on any atom is -0.454 e. The number of ether oxygens (including phenoxy) is 2. The second kappa shape index (κ2) is 8.52. The Morgan fingerprint density at radius 2 is 2.00 bits per heavy atom. The third kappa shape index (κ3) is 5.88. The number of rotatable bonds is 6. The van der Waals surface area contributed by atoms with Crippen LogP contribution in [0.4, 0.5) is 28.8 Å². The number of hydrogen-bond acceptors (Lipinski definition) is 9. The van der Waals surface area contributed by atoms with Crippen molar-refractivity contribution >= 4 is 45.9 Å². The number of aromatic nitrogens is 2. The molecule has 0 saturated carbocycles. The van der Waals surface area contributed by atoms with Crippen molar-refractivity contribution in [3.8, 4) is 11.5 Å². The van der Waals surface area contributed by atoms with Crippen molar-refractivity contribution in [2.24, 2.45) is 0 Å². The summed E-state index contributed by atoms with van der Waals surface area (Å²) >= 11 is 1.81. The molecule has 3 rings (SSSR count). The van der Waals surface area contributed by atoms with E-state index in [0.29, 0.717) is 17.2 Å². The number of amides is 3. The fourth-order valence-corrected chi connectivity index (χ4v) is 3.49. The van der Waals surface area contributed by atoms with E-state index in [-0.39, 0.29) is 22.0 Å². The number of alkyl halides is 3. The Balaban J connectivity index is 1.41. The smallest absolute Gasteiger partial charge is 0.405 e. The van der Waals surface area contributed by atoms with Gasteiger partial charge in [0.15, 0.2) is 15.8 Å². The van der Waals surface area contributed by atoms with E-state index in [2.05, 4.69) is 26.1 Å². The third-order valence-electron chi connectivity index (χ3n) is 3.06. The maximum atomic E-state index is 12.1. The molecule has 1 aromatic carbocycles. The number of nitrogens with one attached hydrogen (secondary N) is 3. The van der Waals surface area contributed by atoms with E-state index in [0.717, 1.165) is 23.1 Å². The molecule has 0 atom stereocenters. The van der Waals surface area contributed by atoms with Gasteiger partial charge in [0.1, 0.15) is 6.54 Å². The number of fused-ring (bicyclic) bond motifs is 1. The number of thioether (sulfide) groups is 1. The highest BCUT2D eigenvalue weighted by atomic mass is 32.2. The van der Waals surface area contributed by atoms with E-state index in [9.17, 15) is 22.8 Å². The average Bonchev–Trinajstić information content (AvgIpc) is 3.26. The molecule has 0 radical (unpaired) electrons. The summed E-state index contributed by atoms with van der Waals surface area (Å²) in [4.78, 5) is 23.7. The number of halogens is 3. The molecule has 0 unspecified atom stereocenters. The molecule has 150 valence electrons. The van der Waals surface area contributed by atoms with Crippen molar-refractivity contribution in [3.05, 3.63) is 18.2 Å². The minimum atomic E-state index is -4.37. The van der Waals surface area contributed by atoms with E-state index < -0.39 is 24.7 Å². The van der Waals surface area contributed by atoms with E-state index in [1.54, 1.807) is 18.2 Å².